The number of hydrogen-bond acceptors (Lipinski definition) is 3. The van der Waals surface area contributed by atoms with Crippen molar-refractivity contribution in [1.82, 2.24) is 0 Å². The summed E-state index contributed by atoms with van der Waals surface area (Å²) < 4.78 is 13.4. The molecule has 0 aromatic heterocycles. The highest BCUT2D eigenvalue weighted by atomic mass is 32.2. The van der Waals surface area contributed by atoms with E-state index in [9.17, 15) is 9.18 Å². The molecule has 1 heterocycles. The first-order chi connectivity index (χ1) is 10.1. The molecule has 108 valence electrons. The summed E-state index contributed by atoms with van der Waals surface area (Å²) in [5, 5.41) is 3.16. The van der Waals surface area contributed by atoms with Gasteiger partial charge in [0, 0.05) is 21.9 Å². The maximum Gasteiger partial charge on any atom is 0.247 e. The lowest BCUT2D eigenvalue weighted by molar-refractivity contribution is -0.122. The maximum atomic E-state index is 13.4. The molecular weight excluding hydrogens is 287 g/mol. The number of rotatable bonds is 3. The van der Waals surface area contributed by atoms with Gasteiger partial charge in [0.05, 0.1) is 0 Å². The van der Waals surface area contributed by atoms with Crippen LogP contribution in [0.1, 0.15) is 12.0 Å². The van der Waals surface area contributed by atoms with Crippen LogP contribution in [0.15, 0.2) is 53.4 Å². The molecule has 3 N–H and O–H groups in total. The number of hydrogen-bond donors (Lipinski definition) is 2. The molecule has 0 saturated carbocycles. The van der Waals surface area contributed by atoms with Crippen molar-refractivity contribution in [2.45, 2.75) is 16.9 Å². The van der Waals surface area contributed by atoms with Crippen LogP contribution >= 0.6 is 11.8 Å². The summed E-state index contributed by atoms with van der Waals surface area (Å²) in [4.78, 5) is 13.2. The smallest absolute Gasteiger partial charge is 0.247 e. The molecule has 0 aliphatic carbocycles. The van der Waals surface area contributed by atoms with E-state index < -0.39 is 11.4 Å². The third kappa shape index (κ3) is 2.49. The van der Waals surface area contributed by atoms with E-state index in [-0.39, 0.29) is 5.82 Å². The van der Waals surface area contributed by atoms with Crippen LogP contribution in [0.3, 0.4) is 0 Å². The number of anilines is 1. The minimum Gasteiger partial charge on any atom is -0.367 e. The van der Waals surface area contributed by atoms with Crippen LogP contribution in [0.25, 0.3) is 0 Å². The van der Waals surface area contributed by atoms with Crippen LogP contribution in [-0.2, 0) is 10.3 Å². The molecule has 1 unspecified atom stereocenters. The Balaban J connectivity index is 2.08. The van der Waals surface area contributed by atoms with Crippen molar-refractivity contribution < 1.29 is 9.18 Å². The number of carbonyl (C=O) groups is 1. The van der Waals surface area contributed by atoms with Crippen molar-refractivity contribution in [3.8, 4) is 0 Å². The van der Waals surface area contributed by atoms with E-state index >= 15 is 0 Å². The molecule has 3 rings (SSSR count). The monoisotopic (exact) mass is 302 g/mol. The highest BCUT2D eigenvalue weighted by Crippen LogP contribution is 2.42. The van der Waals surface area contributed by atoms with Gasteiger partial charge in [-0.15, -0.1) is 11.8 Å². The van der Waals surface area contributed by atoms with Crippen LogP contribution in [0.4, 0.5) is 10.1 Å². The Labute approximate surface area is 126 Å². The van der Waals surface area contributed by atoms with E-state index in [1.807, 2.05) is 24.3 Å². The maximum absolute atomic E-state index is 13.4. The fourth-order valence-corrected chi connectivity index (χ4v) is 3.85. The Kier molecular flexibility index (Phi) is 3.59. The lowest BCUT2D eigenvalue weighted by atomic mass is 9.85. The van der Waals surface area contributed by atoms with Crippen LogP contribution in [0.5, 0.6) is 0 Å². The lowest BCUT2D eigenvalue weighted by Crippen LogP contribution is -2.49. The number of thioether (sulfide) groups is 1. The average Bonchev–Trinajstić information content (AvgIpc) is 2.47. The van der Waals surface area contributed by atoms with Crippen molar-refractivity contribution in [2.75, 3.05) is 11.1 Å². The fraction of sp³-hybridized carbons (Fsp3) is 0.188. The molecule has 3 nitrogen and oxygen atoms in total. The number of nitrogens with two attached hydrogens (primary N) is 1. The number of primary amides is 1. The number of nitrogens with one attached hydrogen (secondary N) is 1. The van der Waals surface area contributed by atoms with Gasteiger partial charge in [-0.1, -0.05) is 24.3 Å². The largest absolute Gasteiger partial charge is 0.367 e. The average molecular weight is 302 g/mol. The SMILES string of the molecule is NC(=O)C1(Nc2cccc(F)c2)CCSc2ccccc21. The molecule has 0 spiro atoms. The molecule has 0 radical (unpaired) electrons. The minimum atomic E-state index is -0.990. The standard InChI is InChI=1S/C16H15FN2OS/c17-11-4-3-5-12(10-11)19-16(15(18)20)8-9-21-14-7-2-1-6-13(14)16/h1-7,10,19H,8-9H2,(H2,18,20). The van der Waals surface area contributed by atoms with Crippen LogP contribution in [0.2, 0.25) is 0 Å². The summed E-state index contributed by atoms with van der Waals surface area (Å²) in [7, 11) is 0. The Morgan fingerprint density at radius 3 is 2.81 bits per heavy atom. The zero-order chi connectivity index (χ0) is 14.9. The first-order valence-electron chi connectivity index (χ1n) is 6.68. The first-order valence-corrected chi connectivity index (χ1v) is 7.66. The van der Waals surface area contributed by atoms with Gasteiger partial charge in [0.1, 0.15) is 11.4 Å². The Hall–Kier alpha value is -2.01. The highest BCUT2D eigenvalue weighted by molar-refractivity contribution is 7.99. The van der Waals surface area contributed by atoms with Gasteiger partial charge in [0.15, 0.2) is 0 Å². The van der Waals surface area contributed by atoms with Crippen LogP contribution < -0.4 is 11.1 Å². The van der Waals surface area contributed by atoms with Gasteiger partial charge in [-0.2, -0.15) is 0 Å². The summed E-state index contributed by atoms with van der Waals surface area (Å²) in [6, 6.07) is 13.8. The topological polar surface area (TPSA) is 55.1 Å². The van der Waals surface area contributed by atoms with E-state index in [0.29, 0.717) is 12.1 Å². The predicted octanol–water partition coefficient (Wildman–Crippen LogP) is 3.11. The third-order valence-electron chi connectivity index (χ3n) is 3.68. The highest BCUT2D eigenvalue weighted by Gasteiger charge is 2.42. The predicted molar refractivity (Wildman–Crippen MR) is 82.7 cm³/mol. The molecule has 0 saturated heterocycles. The van der Waals surface area contributed by atoms with Gasteiger partial charge < -0.3 is 11.1 Å². The first kappa shape index (κ1) is 13.9. The molecule has 0 bridgehead atoms. The van der Waals surface area contributed by atoms with Crippen molar-refractivity contribution in [1.29, 1.82) is 0 Å². The second kappa shape index (κ2) is 5.41. The summed E-state index contributed by atoms with van der Waals surface area (Å²) in [5.41, 5.74) is 6.12. The van der Waals surface area contributed by atoms with Crippen molar-refractivity contribution in [3.05, 3.63) is 59.9 Å². The van der Waals surface area contributed by atoms with E-state index in [0.717, 1.165) is 16.2 Å². The number of benzene rings is 2. The zero-order valence-corrected chi connectivity index (χ0v) is 12.1. The summed E-state index contributed by atoms with van der Waals surface area (Å²) in [6.45, 7) is 0. The van der Waals surface area contributed by atoms with Crippen LogP contribution in [-0.4, -0.2) is 11.7 Å². The molecule has 21 heavy (non-hydrogen) atoms. The Morgan fingerprint density at radius 2 is 2.05 bits per heavy atom. The second-order valence-electron chi connectivity index (χ2n) is 5.00. The molecule has 1 atom stereocenters. The van der Waals surface area contributed by atoms with Crippen molar-refractivity contribution in [2.24, 2.45) is 5.73 Å². The normalized spacial score (nSPS) is 20.6. The number of fused-ring (bicyclic) bond motifs is 1. The summed E-state index contributed by atoms with van der Waals surface area (Å²) in [6.07, 6.45) is 0.570. The molecule has 5 heteroatoms. The third-order valence-corrected chi connectivity index (χ3v) is 4.76. The molecule has 1 aliphatic rings. The molecule has 1 aliphatic heterocycles. The quantitative estimate of drug-likeness (QED) is 0.916. The van der Waals surface area contributed by atoms with Gasteiger partial charge in [0.25, 0.3) is 0 Å². The molecule has 1 amide bonds. The number of amides is 1. The van der Waals surface area contributed by atoms with Crippen LogP contribution in [0, 0.1) is 5.82 Å². The Bertz CT molecular complexity index is 691. The fourth-order valence-electron chi connectivity index (χ4n) is 2.65. The van der Waals surface area contributed by atoms with E-state index in [2.05, 4.69) is 5.32 Å². The Morgan fingerprint density at radius 1 is 1.24 bits per heavy atom. The lowest BCUT2D eigenvalue weighted by Gasteiger charge is -2.37. The van der Waals surface area contributed by atoms with Gasteiger partial charge in [-0.05, 0) is 30.7 Å². The van der Waals surface area contributed by atoms with Gasteiger partial charge in [0.2, 0.25) is 5.91 Å². The number of halogens is 1. The molecule has 2 aromatic carbocycles. The molecule has 2 aromatic rings. The van der Waals surface area contributed by atoms with E-state index in [1.165, 1.54) is 12.1 Å². The summed E-state index contributed by atoms with van der Waals surface area (Å²) >= 11 is 1.70. The van der Waals surface area contributed by atoms with Crippen molar-refractivity contribution in [3.63, 3.8) is 0 Å². The number of carbonyl (C=O) groups excluding carboxylic acids is 1. The molecular formula is C16H15FN2OS. The van der Waals surface area contributed by atoms with Gasteiger partial charge in [-0.25, -0.2) is 4.39 Å². The zero-order valence-electron chi connectivity index (χ0n) is 11.3. The van der Waals surface area contributed by atoms with Gasteiger partial charge in [-0.3, -0.25) is 4.79 Å². The van der Waals surface area contributed by atoms with E-state index in [1.54, 1.807) is 23.9 Å². The minimum absolute atomic E-state index is 0.349. The van der Waals surface area contributed by atoms with Crippen molar-refractivity contribution >= 4 is 23.4 Å². The molecule has 0 fully saturated rings. The second-order valence-corrected chi connectivity index (χ2v) is 6.14. The summed E-state index contributed by atoms with van der Waals surface area (Å²) in [5.74, 6) is -0.0139. The van der Waals surface area contributed by atoms with E-state index in [4.69, 9.17) is 5.73 Å². The van der Waals surface area contributed by atoms with Gasteiger partial charge >= 0.3 is 0 Å².